The van der Waals surface area contributed by atoms with Gasteiger partial charge in [-0.2, -0.15) is 0 Å². The molecule has 1 N–H and O–H groups in total. The van der Waals surface area contributed by atoms with Gasteiger partial charge in [0.05, 0.1) is 18.8 Å². The summed E-state index contributed by atoms with van der Waals surface area (Å²) in [6.07, 6.45) is 9.18. The number of likely N-dealkylation sites (tertiary alicyclic amines) is 1. The predicted molar refractivity (Wildman–Crippen MR) is 114 cm³/mol. The quantitative estimate of drug-likeness (QED) is 0.795. The average Bonchev–Trinajstić information content (AvgIpc) is 3.43. The van der Waals surface area contributed by atoms with Crippen molar-refractivity contribution in [3.05, 3.63) is 47.8 Å². The van der Waals surface area contributed by atoms with Gasteiger partial charge in [0.25, 0.3) is 5.91 Å². The van der Waals surface area contributed by atoms with E-state index in [-0.39, 0.29) is 17.4 Å². The van der Waals surface area contributed by atoms with Crippen LogP contribution in [0.25, 0.3) is 0 Å². The topological polar surface area (TPSA) is 80.1 Å². The minimum absolute atomic E-state index is 0.123. The Morgan fingerprint density at radius 2 is 1.90 bits per heavy atom. The first kappa shape index (κ1) is 20.6. The molecule has 1 aromatic heterocycles. The highest BCUT2D eigenvalue weighted by Crippen LogP contribution is 2.39. The van der Waals surface area contributed by atoms with E-state index in [1.165, 1.54) is 6.42 Å². The maximum Gasteiger partial charge on any atom is 0.273 e. The number of nitrogens with one attached hydrogen (secondary N) is 1. The standard InChI is InChI=1S/C23H31N5O2/c1-23(12-6-3-7-13-23)22(30)28-14-8-11-19(28)16-27-17-20(25-26-27)21(29)24-15-18-9-4-2-5-10-18/h2,4-5,9-10,17,19H,3,6-8,11-16H2,1H3,(H,24,29)/t19-/m0/s1. The Morgan fingerprint density at radius 1 is 1.13 bits per heavy atom. The van der Waals surface area contributed by atoms with E-state index in [0.29, 0.717) is 24.7 Å². The second-order valence-corrected chi connectivity index (χ2v) is 8.91. The highest BCUT2D eigenvalue weighted by molar-refractivity contribution is 5.91. The van der Waals surface area contributed by atoms with Crippen molar-refractivity contribution < 1.29 is 9.59 Å². The summed E-state index contributed by atoms with van der Waals surface area (Å²) in [5.41, 5.74) is 1.13. The highest BCUT2D eigenvalue weighted by atomic mass is 16.2. The molecule has 0 spiro atoms. The summed E-state index contributed by atoms with van der Waals surface area (Å²) in [5, 5.41) is 11.1. The minimum Gasteiger partial charge on any atom is -0.347 e. The van der Waals surface area contributed by atoms with E-state index in [2.05, 4.69) is 27.5 Å². The van der Waals surface area contributed by atoms with Crippen molar-refractivity contribution in [2.75, 3.05) is 6.54 Å². The molecule has 7 nitrogen and oxygen atoms in total. The van der Waals surface area contributed by atoms with E-state index in [4.69, 9.17) is 0 Å². The summed E-state index contributed by atoms with van der Waals surface area (Å²) in [6.45, 7) is 3.99. The fourth-order valence-electron chi connectivity index (χ4n) is 4.76. The summed E-state index contributed by atoms with van der Waals surface area (Å²) < 4.78 is 1.71. The molecule has 1 aromatic carbocycles. The maximum atomic E-state index is 13.3. The zero-order valence-electron chi connectivity index (χ0n) is 17.7. The Balaban J connectivity index is 1.35. The van der Waals surface area contributed by atoms with Crippen molar-refractivity contribution in [1.29, 1.82) is 0 Å². The van der Waals surface area contributed by atoms with Crippen molar-refractivity contribution in [3.63, 3.8) is 0 Å². The number of carbonyl (C=O) groups excluding carboxylic acids is 2. The molecule has 30 heavy (non-hydrogen) atoms. The van der Waals surface area contributed by atoms with Crippen LogP contribution in [0, 0.1) is 5.41 Å². The Hall–Kier alpha value is -2.70. The van der Waals surface area contributed by atoms with Gasteiger partial charge < -0.3 is 10.2 Å². The van der Waals surface area contributed by atoms with E-state index < -0.39 is 0 Å². The maximum absolute atomic E-state index is 13.3. The molecule has 4 rings (SSSR count). The summed E-state index contributed by atoms with van der Waals surface area (Å²) in [6, 6.07) is 9.90. The molecule has 1 aliphatic heterocycles. The summed E-state index contributed by atoms with van der Waals surface area (Å²) >= 11 is 0. The van der Waals surface area contributed by atoms with Crippen LogP contribution in [0.4, 0.5) is 0 Å². The van der Waals surface area contributed by atoms with Gasteiger partial charge in [-0.15, -0.1) is 5.10 Å². The normalized spacial score (nSPS) is 20.8. The first-order valence-electron chi connectivity index (χ1n) is 11.1. The molecule has 2 aliphatic rings. The average molecular weight is 410 g/mol. The lowest BCUT2D eigenvalue weighted by Crippen LogP contribution is -2.47. The van der Waals surface area contributed by atoms with E-state index in [1.54, 1.807) is 10.9 Å². The Kier molecular flexibility index (Phi) is 6.16. The van der Waals surface area contributed by atoms with Crippen molar-refractivity contribution >= 4 is 11.8 Å². The number of carbonyl (C=O) groups is 2. The van der Waals surface area contributed by atoms with Crippen LogP contribution >= 0.6 is 0 Å². The molecule has 0 unspecified atom stereocenters. The van der Waals surface area contributed by atoms with Crippen molar-refractivity contribution in [3.8, 4) is 0 Å². The van der Waals surface area contributed by atoms with Crippen molar-refractivity contribution in [2.24, 2.45) is 5.41 Å². The lowest BCUT2D eigenvalue weighted by atomic mass is 9.74. The molecule has 2 amide bonds. The van der Waals surface area contributed by atoms with Crippen LogP contribution < -0.4 is 5.32 Å². The summed E-state index contributed by atoms with van der Waals surface area (Å²) in [4.78, 5) is 27.7. The second-order valence-electron chi connectivity index (χ2n) is 8.91. The zero-order chi connectivity index (χ0) is 21.0. The van der Waals surface area contributed by atoms with Gasteiger partial charge in [-0.05, 0) is 31.2 Å². The number of rotatable bonds is 6. The van der Waals surface area contributed by atoms with Gasteiger partial charge in [-0.1, -0.05) is 61.7 Å². The number of benzene rings is 1. The Labute approximate surface area is 177 Å². The molecule has 1 aliphatic carbocycles. The number of nitrogens with zero attached hydrogens (tertiary/aromatic N) is 4. The fraction of sp³-hybridized carbons (Fsp3) is 0.565. The van der Waals surface area contributed by atoms with Gasteiger partial charge in [-0.25, -0.2) is 4.68 Å². The third-order valence-corrected chi connectivity index (χ3v) is 6.58. The first-order valence-corrected chi connectivity index (χ1v) is 11.1. The number of hydrogen-bond acceptors (Lipinski definition) is 4. The van der Waals surface area contributed by atoms with Crippen molar-refractivity contribution in [2.45, 2.75) is 71.0 Å². The molecule has 7 heteroatoms. The Morgan fingerprint density at radius 3 is 2.67 bits per heavy atom. The largest absolute Gasteiger partial charge is 0.347 e. The number of amides is 2. The van der Waals surface area contributed by atoms with Gasteiger partial charge in [0, 0.05) is 18.5 Å². The Bertz CT molecular complexity index is 873. The van der Waals surface area contributed by atoms with Crippen LogP contribution in [-0.4, -0.2) is 44.3 Å². The third-order valence-electron chi connectivity index (χ3n) is 6.58. The van der Waals surface area contributed by atoms with E-state index >= 15 is 0 Å². The van der Waals surface area contributed by atoms with E-state index in [9.17, 15) is 9.59 Å². The van der Waals surface area contributed by atoms with Crippen LogP contribution in [0.2, 0.25) is 0 Å². The zero-order valence-corrected chi connectivity index (χ0v) is 17.7. The number of aromatic nitrogens is 3. The van der Waals surface area contributed by atoms with Gasteiger partial charge in [0.15, 0.2) is 5.69 Å². The fourth-order valence-corrected chi connectivity index (χ4v) is 4.76. The molecule has 2 fully saturated rings. The second kappa shape index (κ2) is 8.98. The molecule has 0 bridgehead atoms. The number of hydrogen-bond donors (Lipinski definition) is 1. The molecular weight excluding hydrogens is 378 g/mol. The van der Waals surface area contributed by atoms with E-state index in [0.717, 1.165) is 50.6 Å². The van der Waals surface area contributed by atoms with Crippen molar-refractivity contribution in [1.82, 2.24) is 25.2 Å². The van der Waals surface area contributed by atoms with E-state index in [1.807, 2.05) is 30.3 Å². The van der Waals surface area contributed by atoms with Gasteiger partial charge in [0.2, 0.25) is 5.91 Å². The van der Waals surface area contributed by atoms with Crippen LogP contribution in [0.3, 0.4) is 0 Å². The lowest BCUT2D eigenvalue weighted by Gasteiger charge is -2.38. The molecule has 1 saturated carbocycles. The van der Waals surface area contributed by atoms with Crippen LogP contribution in [-0.2, 0) is 17.9 Å². The molecule has 1 saturated heterocycles. The van der Waals surface area contributed by atoms with Gasteiger partial charge in [-0.3, -0.25) is 9.59 Å². The van der Waals surface area contributed by atoms with Gasteiger partial charge in [0.1, 0.15) is 0 Å². The predicted octanol–water partition coefficient (Wildman–Crippen LogP) is 3.17. The van der Waals surface area contributed by atoms with Crippen LogP contribution in [0.5, 0.6) is 0 Å². The summed E-state index contributed by atoms with van der Waals surface area (Å²) in [7, 11) is 0. The first-order chi connectivity index (χ1) is 14.5. The SMILES string of the molecule is CC1(C(=O)N2CCC[C@H]2Cn2cc(C(=O)NCc3ccccc3)nn2)CCCCC1. The molecule has 1 atom stereocenters. The summed E-state index contributed by atoms with van der Waals surface area (Å²) in [5.74, 6) is 0.0600. The smallest absolute Gasteiger partial charge is 0.273 e. The van der Waals surface area contributed by atoms with Gasteiger partial charge >= 0.3 is 0 Å². The third kappa shape index (κ3) is 4.55. The minimum atomic E-state index is -0.237. The molecular formula is C23H31N5O2. The molecule has 160 valence electrons. The van der Waals surface area contributed by atoms with Crippen LogP contribution in [0.15, 0.2) is 36.5 Å². The molecule has 2 aromatic rings. The molecule has 2 heterocycles. The monoisotopic (exact) mass is 409 g/mol. The van der Waals surface area contributed by atoms with Crippen LogP contribution in [0.1, 0.15) is 67.9 Å². The lowest BCUT2D eigenvalue weighted by molar-refractivity contribution is -0.144. The molecule has 0 radical (unpaired) electrons. The highest BCUT2D eigenvalue weighted by Gasteiger charge is 2.41.